The van der Waals surface area contributed by atoms with Crippen molar-refractivity contribution in [2.75, 3.05) is 11.9 Å². The van der Waals surface area contributed by atoms with Crippen LogP contribution in [0.15, 0.2) is 78.3 Å². The van der Waals surface area contributed by atoms with Crippen LogP contribution in [0.5, 0.6) is 0 Å². The molecule has 0 amide bonds. The fourth-order valence-corrected chi connectivity index (χ4v) is 3.01. The second kappa shape index (κ2) is 6.96. The smallest absolute Gasteiger partial charge is 0.338 e. The van der Waals surface area contributed by atoms with Crippen LogP contribution >= 0.6 is 0 Å². The molecule has 0 saturated carbocycles. The van der Waals surface area contributed by atoms with Gasteiger partial charge in [0.25, 0.3) is 0 Å². The van der Waals surface area contributed by atoms with Crippen LogP contribution in [-0.2, 0) is 11.3 Å². The first-order chi connectivity index (χ1) is 12.7. The molecule has 132 valence electrons. The second-order valence-corrected chi connectivity index (χ2v) is 6.23. The van der Waals surface area contributed by atoms with E-state index in [1.807, 2.05) is 30.3 Å². The first-order valence-electron chi connectivity index (χ1n) is 8.78. The maximum absolute atomic E-state index is 11.7. The molecule has 26 heavy (non-hydrogen) atoms. The Morgan fingerprint density at radius 3 is 2.62 bits per heavy atom. The first-order valence-corrected chi connectivity index (χ1v) is 8.78. The van der Waals surface area contributed by atoms with Crippen molar-refractivity contribution < 1.29 is 9.53 Å². The van der Waals surface area contributed by atoms with Crippen molar-refractivity contribution >= 4 is 11.7 Å². The average Bonchev–Trinajstić information content (AvgIpc) is 3.40. The van der Waals surface area contributed by atoms with Crippen LogP contribution in [0.4, 0.5) is 5.69 Å². The highest BCUT2D eigenvalue weighted by Gasteiger charge is 2.37. The fraction of sp³-hybridized carbons (Fsp3) is 0.190. The number of benzene rings is 2. The van der Waals surface area contributed by atoms with Crippen LogP contribution < -0.4 is 10.6 Å². The van der Waals surface area contributed by atoms with E-state index in [0.29, 0.717) is 12.2 Å². The Balaban J connectivity index is 1.36. The Labute approximate surface area is 153 Å². The zero-order valence-corrected chi connectivity index (χ0v) is 14.6. The number of anilines is 1. The predicted octanol–water partition coefficient (Wildman–Crippen LogP) is 3.45. The average molecular weight is 347 g/mol. The largest absolute Gasteiger partial charge is 0.462 e. The SMILES string of the molecule is CCOC(=O)c1ccc(NC2C=C(NCc3ccccc3)C3=CN32)cc1. The van der Waals surface area contributed by atoms with Gasteiger partial charge in [0.1, 0.15) is 6.17 Å². The van der Waals surface area contributed by atoms with Crippen molar-refractivity contribution in [1.29, 1.82) is 0 Å². The molecule has 0 radical (unpaired) electrons. The maximum Gasteiger partial charge on any atom is 0.338 e. The van der Waals surface area contributed by atoms with E-state index in [9.17, 15) is 4.79 Å². The zero-order chi connectivity index (χ0) is 17.9. The third kappa shape index (κ3) is 3.42. The summed E-state index contributed by atoms with van der Waals surface area (Å²) in [6.07, 6.45) is 4.40. The topological polar surface area (TPSA) is 53.4 Å². The minimum Gasteiger partial charge on any atom is -0.462 e. The van der Waals surface area contributed by atoms with Gasteiger partial charge in [0, 0.05) is 18.4 Å². The second-order valence-electron chi connectivity index (χ2n) is 6.23. The number of hydrogen-bond acceptors (Lipinski definition) is 5. The van der Waals surface area contributed by atoms with Crippen LogP contribution in [0.2, 0.25) is 0 Å². The van der Waals surface area contributed by atoms with E-state index in [4.69, 9.17) is 4.74 Å². The van der Waals surface area contributed by atoms with Crippen molar-refractivity contribution in [3.8, 4) is 0 Å². The zero-order valence-electron chi connectivity index (χ0n) is 14.6. The molecule has 1 unspecified atom stereocenters. The molecule has 2 aromatic carbocycles. The van der Waals surface area contributed by atoms with Crippen molar-refractivity contribution in [2.24, 2.45) is 0 Å². The Kier molecular flexibility index (Phi) is 4.35. The van der Waals surface area contributed by atoms with E-state index >= 15 is 0 Å². The predicted molar refractivity (Wildman–Crippen MR) is 101 cm³/mol. The Morgan fingerprint density at radius 2 is 1.88 bits per heavy atom. The number of ether oxygens (including phenoxy) is 1. The lowest BCUT2D eigenvalue weighted by molar-refractivity contribution is 0.0526. The Bertz CT molecular complexity index is 857. The maximum atomic E-state index is 11.7. The summed E-state index contributed by atoms with van der Waals surface area (Å²) >= 11 is 0. The van der Waals surface area contributed by atoms with E-state index in [1.165, 1.54) is 11.3 Å². The molecule has 0 spiro atoms. The van der Waals surface area contributed by atoms with Gasteiger partial charge in [-0.3, -0.25) is 0 Å². The van der Waals surface area contributed by atoms with Crippen molar-refractivity contribution in [3.63, 3.8) is 0 Å². The highest BCUT2D eigenvalue weighted by atomic mass is 16.5. The highest BCUT2D eigenvalue weighted by Crippen LogP contribution is 2.37. The van der Waals surface area contributed by atoms with Gasteiger partial charge in [-0.1, -0.05) is 30.3 Å². The van der Waals surface area contributed by atoms with E-state index in [-0.39, 0.29) is 12.1 Å². The summed E-state index contributed by atoms with van der Waals surface area (Å²) in [4.78, 5) is 13.9. The van der Waals surface area contributed by atoms with Crippen LogP contribution in [0, 0.1) is 0 Å². The molecule has 2 aliphatic rings. The third-order valence-electron chi connectivity index (χ3n) is 4.41. The quantitative estimate of drug-likeness (QED) is 0.752. The molecule has 4 rings (SSSR count). The molecule has 5 heteroatoms. The van der Waals surface area contributed by atoms with Crippen LogP contribution in [0.3, 0.4) is 0 Å². The number of nitrogens with zero attached hydrogens (tertiary/aromatic N) is 1. The molecule has 1 atom stereocenters. The minimum atomic E-state index is -0.290. The fourth-order valence-electron chi connectivity index (χ4n) is 3.01. The number of esters is 1. The summed E-state index contributed by atoms with van der Waals surface area (Å²) < 4.78 is 5.01. The lowest BCUT2D eigenvalue weighted by Gasteiger charge is -2.16. The van der Waals surface area contributed by atoms with Gasteiger partial charge in [-0.25, -0.2) is 4.79 Å². The van der Waals surface area contributed by atoms with Gasteiger partial charge in [0.15, 0.2) is 0 Å². The van der Waals surface area contributed by atoms with E-state index in [1.54, 1.807) is 19.1 Å². The monoisotopic (exact) mass is 347 g/mol. The van der Waals surface area contributed by atoms with Gasteiger partial charge >= 0.3 is 5.97 Å². The van der Waals surface area contributed by atoms with Crippen LogP contribution in [-0.4, -0.2) is 23.6 Å². The van der Waals surface area contributed by atoms with Gasteiger partial charge < -0.3 is 20.3 Å². The third-order valence-corrected chi connectivity index (χ3v) is 4.41. The molecule has 2 aromatic rings. The number of carbonyl (C=O) groups excluding carboxylic acids is 1. The molecule has 0 fully saturated rings. The van der Waals surface area contributed by atoms with Crippen molar-refractivity contribution in [2.45, 2.75) is 19.6 Å². The number of nitrogens with one attached hydrogen (secondary N) is 2. The van der Waals surface area contributed by atoms with E-state index in [0.717, 1.165) is 17.9 Å². The molecule has 0 aliphatic carbocycles. The number of rotatable bonds is 7. The molecule has 2 N–H and O–H groups in total. The van der Waals surface area contributed by atoms with Crippen molar-refractivity contribution in [1.82, 2.24) is 10.2 Å². The van der Waals surface area contributed by atoms with Gasteiger partial charge in [-0.2, -0.15) is 0 Å². The Morgan fingerprint density at radius 1 is 1.12 bits per heavy atom. The molecular weight excluding hydrogens is 326 g/mol. The van der Waals surface area contributed by atoms with Crippen LogP contribution in [0.1, 0.15) is 22.8 Å². The van der Waals surface area contributed by atoms with Gasteiger partial charge in [-0.05, 0) is 42.8 Å². The molecule has 2 heterocycles. The van der Waals surface area contributed by atoms with Gasteiger partial charge in [0.05, 0.1) is 23.6 Å². The van der Waals surface area contributed by atoms with Gasteiger partial charge in [0.2, 0.25) is 0 Å². The summed E-state index contributed by atoms with van der Waals surface area (Å²) in [5, 5.41) is 6.96. The summed E-state index contributed by atoms with van der Waals surface area (Å²) in [6.45, 7) is 2.99. The summed E-state index contributed by atoms with van der Waals surface area (Å²) in [7, 11) is 0. The molecule has 2 aliphatic heterocycles. The summed E-state index contributed by atoms with van der Waals surface area (Å²) in [5.74, 6) is -0.290. The van der Waals surface area contributed by atoms with Crippen LogP contribution in [0.25, 0.3) is 0 Å². The standard InChI is InChI=1S/C21H21N3O2/c1-2-26-21(25)16-8-10-17(11-9-16)23-20-12-18(19-14-24(19)20)22-13-15-6-4-3-5-7-15/h3-12,14,20,22-23H,2,13H2,1H3. The molecule has 0 bridgehead atoms. The molecule has 5 nitrogen and oxygen atoms in total. The molecule has 0 aromatic heterocycles. The summed E-state index contributed by atoms with van der Waals surface area (Å²) in [5.41, 5.74) is 5.15. The number of fused-ring (bicyclic) bond motifs is 1. The van der Waals surface area contributed by atoms with E-state index in [2.05, 4.69) is 39.9 Å². The van der Waals surface area contributed by atoms with Crippen molar-refractivity contribution in [3.05, 3.63) is 89.4 Å². The lowest BCUT2D eigenvalue weighted by Crippen LogP contribution is -2.23. The normalized spacial score (nSPS) is 17.1. The minimum absolute atomic E-state index is 0.0942. The molecule has 0 saturated heterocycles. The number of hydrogen-bond donors (Lipinski definition) is 2. The molecular formula is C21H21N3O2. The summed E-state index contributed by atoms with van der Waals surface area (Å²) in [6, 6.07) is 17.7. The Hall–Kier alpha value is -3.21. The van der Waals surface area contributed by atoms with E-state index < -0.39 is 0 Å². The lowest BCUT2D eigenvalue weighted by atomic mass is 10.2. The number of carbonyl (C=O) groups is 1. The van der Waals surface area contributed by atoms with Gasteiger partial charge in [-0.15, -0.1) is 0 Å². The highest BCUT2D eigenvalue weighted by molar-refractivity contribution is 5.89. The first kappa shape index (κ1) is 16.3.